The molecule has 3 aromatic rings. The summed E-state index contributed by atoms with van der Waals surface area (Å²) in [6.07, 6.45) is 1.98. The van der Waals surface area contributed by atoms with Gasteiger partial charge in [0.05, 0.1) is 5.52 Å². The molecule has 3 rings (SSSR count). The van der Waals surface area contributed by atoms with Gasteiger partial charge in [0.15, 0.2) is 5.96 Å². The van der Waals surface area contributed by atoms with Gasteiger partial charge in [-0.05, 0) is 61.6 Å². The van der Waals surface area contributed by atoms with Crippen molar-refractivity contribution in [2.24, 2.45) is 16.5 Å². The number of nitrogens with zero attached hydrogens (tertiary/aromatic N) is 2. The Kier molecular flexibility index (Phi) is 8.27. The largest absolute Gasteiger partial charge is 0.370 e. The first kappa shape index (κ1) is 23.3. The molecule has 6 N–H and O–H groups in total. The molecule has 0 saturated heterocycles. The zero-order valence-electron chi connectivity index (χ0n) is 18.1. The van der Waals surface area contributed by atoms with Gasteiger partial charge in [-0.2, -0.15) is 0 Å². The average molecular weight is 453 g/mol. The van der Waals surface area contributed by atoms with Crippen LogP contribution in [0.1, 0.15) is 24.0 Å². The number of halogens is 1. The standard InChI is InChI=1S/C24H29ClN6O/c1-16-14-22(30-20-10-9-18(25)15-19(16)20)31-21(8-5-12-29-24(26)27)23(32)28-13-11-17-6-3-2-4-7-17/h2-4,6-7,9-10,14-15,21H,5,8,11-13H2,1H3,(H,28,32)(H,30,31)(H4,26,27,29)/t21-/m0/s1. The number of nitrogens with two attached hydrogens (primary N) is 2. The van der Waals surface area contributed by atoms with E-state index in [-0.39, 0.29) is 11.9 Å². The predicted octanol–water partition coefficient (Wildman–Crippen LogP) is 3.39. The fourth-order valence-electron chi connectivity index (χ4n) is 3.49. The minimum atomic E-state index is -0.461. The highest BCUT2D eigenvalue weighted by Gasteiger charge is 2.19. The summed E-state index contributed by atoms with van der Waals surface area (Å²) in [5, 5.41) is 7.98. The van der Waals surface area contributed by atoms with Gasteiger partial charge in [0.25, 0.3) is 0 Å². The van der Waals surface area contributed by atoms with Crippen LogP contribution in [0.2, 0.25) is 5.02 Å². The van der Waals surface area contributed by atoms with Crippen molar-refractivity contribution in [3.63, 3.8) is 0 Å². The Morgan fingerprint density at radius 3 is 2.69 bits per heavy atom. The van der Waals surface area contributed by atoms with Gasteiger partial charge in [-0.25, -0.2) is 4.98 Å². The monoisotopic (exact) mass is 452 g/mol. The summed E-state index contributed by atoms with van der Waals surface area (Å²) in [7, 11) is 0. The molecule has 0 bridgehead atoms. The summed E-state index contributed by atoms with van der Waals surface area (Å²) >= 11 is 6.12. The zero-order chi connectivity index (χ0) is 22.9. The second-order valence-electron chi connectivity index (χ2n) is 7.66. The highest BCUT2D eigenvalue weighted by atomic mass is 35.5. The molecular weight excluding hydrogens is 424 g/mol. The summed E-state index contributed by atoms with van der Waals surface area (Å²) in [6, 6.07) is 17.1. The van der Waals surface area contributed by atoms with Gasteiger partial charge in [-0.1, -0.05) is 41.9 Å². The molecule has 0 aliphatic carbocycles. The lowest BCUT2D eigenvalue weighted by Crippen LogP contribution is -2.40. The summed E-state index contributed by atoms with van der Waals surface area (Å²) in [5.41, 5.74) is 13.8. The number of carbonyl (C=O) groups is 1. The SMILES string of the molecule is Cc1cc(N[C@@H](CCCN=C(N)N)C(=O)NCCc2ccccc2)nc2ccc(Cl)cc12. The minimum absolute atomic E-state index is 0.0484. The van der Waals surface area contributed by atoms with Gasteiger partial charge in [-0.3, -0.25) is 9.79 Å². The van der Waals surface area contributed by atoms with Gasteiger partial charge in [0.1, 0.15) is 11.9 Å². The number of pyridine rings is 1. The number of anilines is 1. The summed E-state index contributed by atoms with van der Waals surface area (Å²) in [5.74, 6) is 0.607. The number of amides is 1. The van der Waals surface area contributed by atoms with E-state index in [2.05, 4.69) is 20.6 Å². The molecule has 0 fully saturated rings. The van der Waals surface area contributed by atoms with Crippen LogP contribution in [0, 0.1) is 6.92 Å². The normalized spacial score (nSPS) is 11.7. The van der Waals surface area contributed by atoms with Crippen LogP contribution in [0.4, 0.5) is 5.82 Å². The Morgan fingerprint density at radius 1 is 1.16 bits per heavy atom. The third kappa shape index (κ3) is 6.85. The van der Waals surface area contributed by atoms with Crippen LogP contribution in [0.5, 0.6) is 0 Å². The topological polar surface area (TPSA) is 118 Å². The number of rotatable bonds is 10. The molecule has 1 atom stereocenters. The molecular formula is C24H29ClN6O. The molecule has 168 valence electrons. The Hall–Kier alpha value is -3.32. The van der Waals surface area contributed by atoms with Crippen molar-refractivity contribution in [3.05, 3.63) is 70.7 Å². The lowest BCUT2D eigenvalue weighted by atomic mass is 10.1. The van der Waals surface area contributed by atoms with E-state index in [1.807, 2.05) is 61.5 Å². The van der Waals surface area contributed by atoms with E-state index in [1.54, 1.807) is 0 Å². The van der Waals surface area contributed by atoms with Gasteiger partial charge < -0.3 is 22.1 Å². The molecule has 8 heteroatoms. The smallest absolute Gasteiger partial charge is 0.242 e. The third-order valence-electron chi connectivity index (χ3n) is 5.12. The number of aryl methyl sites for hydroxylation is 1. The fraction of sp³-hybridized carbons (Fsp3) is 0.292. The maximum absolute atomic E-state index is 13.0. The van der Waals surface area contributed by atoms with Crippen LogP contribution in [-0.2, 0) is 11.2 Å². The van der Waals surface area contributed by atoms with E-state index >= 15 is 0 Å². The highest BCUT2D eigenvalue weighted by molar-refractivity contribution is 6.31. The van der Waals surface area contributed by atoms with E-state index < -0.39 is 6.04 Å². The first-order valence-electron chi connectivity index (χ1n) is 10.6. The predicted molar refractivity (Wildman–Crippen MR) is 132 cm³/mol. The Bertz CT molecular complexity index is 1080. The molecule has 1 amide bonds. The molecule has 0 aliphatic heterocycles. The van der Waals surface area contributed by atoms with Crippen LogP contribution >= 0.6 is 11.6 Å². The number of aromatic nitrogens is 1. The van der Waals surface area contributed by atoms with Crippen molar-refractivity contribution in [2.45, 2.75) is 32.2 Å². The number of hydrogen-bond acceptors (Lipinski definition) is 4. The van der Waals surface area contributed by atoms with E-state index in [4.69, 9.17) is 23.1 Å². The molecule has 7 nitrogen and oxygen atoms in total. The lowest BCUT2D eigenvalue weighted by Gasteiger charge is -2.19. The van der Waals surface area contributed by atoms with Gasteiger partial charge >= 0.3 is 0 Å². The van der Waals surface area contributed by atoms with Crippen LogP contribution < -0.4 is 22.1 Å². The van der Waals surface area contributed by atoms with Crippen molar-refractivity contribution in [1.82, 2.24) is 10.3 Å². The molecule has 0 radical (unpaired) electrons. The maximum atomic E-state index is 13.0. The number of nitrogens with one attached hydrogen (secondary N) is 2. The van der Waals surface area contributed by atoms with Crippen LogP contribution in [0.15, 0.2) is 59.6 Å². The molecule has 2 aromatic carbocycles. The molecule has 0 unspecified atom stereocenters. The Labute approximate surface area is 193 Å². The average Bonchev–Trinajstić information content (AvgIpc) is 2.77. The number of benzene rings is 2. The van der Waals surface area contributed by atoms with Crippen molar-refractivity contribution in [1.29, 1.82) is 0 Å². The molecule has 1 aromatic heterocycles. The van der Waals surface area contributed by atoms with E-state index in [9.17, 15) is 4.79 Å². The Morgan fingerprint density at radius 2 is 1.94 bits per heavy atom. The second kappa shape index (κ2) is 11.3. The van der Waals surface area contributed by atoms with Gasteiger partial charge in [0.2, 0.25) is 5.91 Å². The number of hydrogen-bond donors (Lipinski definition) is 4. The number of fused-ring (bicyclic) bond motifs is 1. The van der Waals surface area contributed by atoms with Crippen molar-refractivity contribution >= 4 is 40.2 Å². The Balaban J connectivity index is 1.70. The fourth-order valence-corrected chi connectivity index (χ4v) is 3.66. The van der Waals surface area contributed by atoms with E-state index in [1.165, 1.54) is 5.56 Å². The molecule has 32 heavy (non-hydrogen) atoms. The molecule has 0 saturated carbocycles. The van der Waals surface area contributed by atoms with Crippen LogP contribution in [-0.4, -0.2) is 36.0 Å². The van der Waals surface area contributed by atoms with Crippen molar-refractivity contribution < 1.29 is 4.79 Å². The summed E-state index contributed by atoms with van der Waals surface area (Å²) in [6.45, 7) is 3.01. The van der Waals surface area contributed by atoms with Gasteiger partial charge in [0, 0.05) is 23.5 Å². The lowest BCUT2D eigenvalue weighted by molar-refractivity contribution is -0.121. The third-order valence-corrected chi connectivity index (χ3v) is 5.35. The van der Waals surface area contributed by atoms with Crippen molar-refractivity contribution in [3.8, 4) is 0 Å². The first-order chi connectivity index (χ1) is 15.4. The summed E-state index contributed by atoms with van der Waals surface area (Å²) in [4.78, 5) is 21.6. The van der Waals surface area contributed by atoms with Crippen LogP contribution in [0.25, 0.3) is 10.9 Å². The zero-order valence-corrected chi connectivity index (χ0v) is 18.9. The highest BCUT2D eigenvalue weighted by Crippen LogP contribution is 2.24. The molecule has 0 spiro atoms. The number of guanidine groups is 1. The van der Waals surface area contributed by atoms with E-state index in [0.717, 1.165) is 22.9 Å². The maximum Gasteiger partial charge on any atom is 0.242 e. The second-order valence-corrected chi connectivity index (χ2v) is 8.09. The quantitative estimate of drug-likeness (QED) is 0.213. The minimum Gasteiger partial charge on any atom is -0.370 e. The van der Waals surface area contributed by atoms with Crippen molar-refractivity contribution in [2.75, 3.05) is 18.4 Å². The molecule has 0 aliphatic rings. The number of aliphatic imine (C=N–C) groups is 1. The summed E-state index contributed by atoms with van der Waals surface area (Å²) < 4.78 is 0. The van der Waals surface area contributed by atoms with Crippen LogP contribution in [0.3, 0.4) is 0 Å². The van der Waals surface area contributed by atoms with Gasteiger partial charge in [-0.15, -0.1) is 0 Å². The first-order valence-corrected chi connectivity index (χ1v) is 11.0. The van der Waals surface area contributed by atoms with E-state index in [0.29, 0.717) is 36.8 Å². The number of carbonyl (C=O) groups excluding carboxylic acids is 1. The molecule has 1 heterocycles.